The minimum Gasteiger partial charge on any atom is -0.379 e. The Balaban J connectivity index is 1.75. The van der Waals surface area contributed by atoms with Crippen molar-refractivity contribution in [2.75, 3.05) is 44.7 Å². The van der Waals surface area contributed by atoms with Gasteiger partial charge in [0, 0.05) is 32.2 Å². The van der Waals surface area contributed by atoms with Crippen molar-refractivity contribution >= 4 is 11.7 Å². The van der Waals surface area contributed by atoms with E-state index in [0.29, 0.717) is 11.5 Å². The van der Waals surface area contributed by atoms with Gasteiger partial charge in [0.15, 0.2) is 0 Å². The van der Waals surface area contributed by atoms with Crippen molar-refractivity contribution in [3.63, 3.8) is 0 Å². The molecule has 0 aromatic carbocycles. The van der Waals surface area contributed by atoms with Gasteiger partial charge in [-0.1, -0.05) is 0 Å². The Morgan fingerprint density at radius 3 is 2.71 bits per heavy atom. The molecule has 0 unspecified atom stereocenters. The van der Waals surface area contributed by atoms with Crippen LogP contribution in [0.4, 0.5) is 5.82 Å². The summed E-state index contributed by atoms with van der Waals surface area (Å²) in [5.41, 5.74) is 0.336. The second-order valence-electron chi connectivity index (χ2n) is 5.30. The molecule has 1 saturated heterocycles. The van der Waals surface area contributed by atoms with E-state index < -0.39 is 0 Å². The summed E-state index contributed by atoms with van der Waals surface area (Å²) in [6, 6.07) is 0.0885. The number of nitrogens with zero attached hydrogens (tertiary/aromatic N) is 3. The van der Waals surface area contributed by atoms with Gasteiger partial charge in [0.05, 0.1) is 25.6 Å². The smallest absolute Gasteiger partial charge is 0.271 e. The maximum absolute atomic E-state index is 11.7. The van der Waals surface area contributed by atoms with Crippen molar-refractivity contribution in [1.29, 1.82) is 0 Å². The molecule has 1 fully saturated rings. The molecule has 0 spiro atoms. The van der Waals surface area contributed by atoms with Crippen molar-refractivity contribution in [3.8, 4) is 0 Å². The summed E-state index contributed by atoms with van der Waals surface area (Å²) in [7, 11) is 0. The lowest BCUT2D eigenvalue weighted by Crippen LogP contribution is -2.39. The molecule has 1 aliphatic rings. The number of amides is 1. The quantitative estimate of drug-likeness (QED) is 0.788. The molecular formula is C14H23N5O2. The minimum atomic E-state index is -0.197. The third kappa shape index (κ3) is 5.28. The Hall–Kier alpha value is -1.73. The first-order valence-electron chi connectivity index (χ1n) is 7.32. The van der Waals surface area contributed by atoms with E-state index in [1.165, 1.54) is 6.20 Å². The lowest BCUT2D eigenvalue weighted by molar-refractivity contribution is 0.0398. The first kappa shape index (κ1) is 15.7. The van der Waals surface area contributed by atoms with Crippen LogP contribution in [0, 0.1) is 0 Å². The van der Waals surface area contributed by atoms with Crippen LogP contribution >= 0.6 is 0 Å². The largest absolute Gasteiger partial charge is 0.379 e. The summed E-state index contributed by atoms with van der Waals surface area (Å²) in [5, 5.41) is 6.00. The average Bonchev–Trinajstić information content (AvgIpc) is 2.48. The fourth-order valence-electron chi connectivity index (χ4n) is 2.04. The maximum atomic E-state index is 11.7. The number of anilines is 1. The predicted molar refractivity (Wildman–Crippen MR) is 80.4 cm³/mol. The van der Waals surface area contributed by atoms with E-state index in [-0.39, 0.29) is 11.9 Å². The topological polar surface area (TPSA) is 79.4 Å². The van der Waals surface area contributed by atoms with Crippen molar-refractivity contribution in [1.82, 2.24) is 20.2 Å². The Labute approximate surface area is 125 Å². The predicted octanol–water partition coefficient (Wildman–Crippen LogP) is 0.359. The molecule has 1 aromatic rings. The molecule has 1 aliphatic heterocycles. The zero-order chi connectivity index (χ0) is 15.1. The van der Waals surface area contributed by atoms with E-state index in [2.05, 4.69) is 25.5 Å². The molecule has 2 N–H and O–H groups in total. The van der Waals surface area contributed by atoms with Crippen molar-refractivity contribution in [2.24, 2.45) is 0 Å². The fraction of sp³-hybridized carbons (Fsp3) is 0.643. The number of morpholine rings is 1. The van der Waals surface area contributed by atoms with Crippen LogP contribution in [0.25, 0.3) is 0 Å². The number of ether oxygens (including phenoxy) is 1. The second-order valence-corrected chi connectivity index (χ2v) is 5.30. The Morgan fingerprint density at radius 2 is 2.10 bits per heavy atom. The highest BCUT2D eigenvalue weighted by molar-refractivity contribution is 5.92. The van der Waals surface area contributed by atoms with Gasteiger partial charge in [0.1, 0.15) is 11.5 Å². The third-order valence-electron chi connectivity index (χ3n) is 3.14. The molecule has 0 bridgehead atoms. The van der Waals surface area contributed by atoms with E-state index in [1.54, 1.807) is 6.20 Å². The Morgan fingerprint density at radius 1 is 1.33 bits per heavy atom. The van der Waals surface area contributed by atoms with Gasteiger partial charge in [-0.15, -0.1) is 0 Å². The van der Waals surface area contributed by atoms with Gasteiger partial charge in [-0.25, -0.2) is 9.97 Å². The average molecular weight is 293 g/mol. The molecular weight excluding hydrogens is 270 g/mol. The number of carbonyl (C=O) groups is 1. The number of hydrogen-bond donors (Lipinski definition) is 2. The van der Waals surface area contributed by atoms with E-state index in [9.17, 15) is 4.79 Å². The number of rotatable bonds is 6. The molecule has 1 aromatic heterocycles. The summed E-state index contributed by atoms with van der Waals surface area (Å²) in [6.07, 6.45) is 3.09. The number of nitrogens with one attached hydrogen (secondary N) is 2. The van der Waals surface area contributed by atoms with Gasteiger partial charge >= 0.3 is 0 Å². The van der Waals surface area contributed by atoms with Crippen molar-refractivity contribution < 1.29 is 9.53 Å². The van der Waals surface area contributed by atoms with Crippen LogP contribution in [0.1, 0.15) is 24.3 Å². The standard InChI is InChI=1S/C14H23N5O2/c1-11(2)18-14(20)12-9-17-13(10-16-12)15-3-4-19-5-7-21-8-6-19/h9-11H,3-8H2,1-2H3,(H,15,17)(H,18,20). The lowest BCUT2D eigenvalue weighted by atomic mass is 10.3. The highest BCUT2D eigenvalue weighted by Gasteiger charge is 2.10. The normalized spacial score (nSPS) is 16.0. The number of hydrogen-bond acceptors (Lipinski definition) is 6. The molecule has 2 heterocycles. The molecule has 116 valence electrons. The lowest BCUT2D eigenvalue weighted by Gasteiger charge is -2.26. The van der Waals surface area contributed by atoms with Crippen LogP contribution in [0.3, 0.4) is 0 Å². The zero-order valence-corrected chi connectivity index (χ0v) is 12.6. The van der Waals surface area contributed by atoms with Crippen LogP contribution in [0.2, 0.25) is 0 Å². The van der Waals surface area contributed by atoms with Gasteiger partial charge in [-0.3, -0.25) is 9.69 Å². The number of carbonyl (C=O) groups excluding carboxylic acids is 1. The Bertz CT molecular complexity index is 443. The molecule has 7 nitrogen and oxygen atoms in total. The highest BCUT2D eigenvalue weighted by atomic mass is 16.5. The fourth-order valence-corrected chi connectivity index (χ4v) is 2.04. The number of aromatic nitrogens is 2. The van der Waals surface area contributed by atoms with E-state index >= 15 is 0 Å². The van der Waals surface area contributed by atoms with Gasteiger partial charge in [-0.2, -0.15) is 0 Å². The first-order chi connectivity index (χ1) is 10.1. The third-order valence-corrected chi connectivity index (χ3v) is 3.14. The minimum absolute atomic E-state index is 0.0885. The molecule has 0 saturated carbocycles. The molecule has 0 aliphatic carbocycles. The molecule has 0 atom stereocenters. The van der Waals surface area contributed by atoms with Crippen LogP contribution in [-0.4, -0.2) is 66.2 Å². The summed E-state index contributed by atoms with van der Waals surface area (Å²) >= 11 is 0. The van der Waals surface area contributed by atoms with Gasteiger partial charge < -0.3 is 15.4 Å². The van der Waals surface area contributed by atoms with E-state index in [4.69, 9.17) is 4.74 Å². The van der Waals surface area contributed by atoms with Crippen LogP contribution in [0.15, 0.2) is 12.4 Å². The van der Waals surface area contributed by atoms with Crippen molar-refractivity contribution in [3.05, 3.63) is 18.1 Å². The molecule has 21 heavy (non-hydrogen) atoms. The SMILES string of the molecule is CC(C)NC(=O)c1cnc(NCCN2CCOCC2)cn1. The van der Waals surface area contributed by atoms with Crippen LogP contribution < -0.4 is 10.6 Å². The molecule has 0 radical (unpaired) electrons. The summed E-state index contributed by atoms with van der Waals surface area (Å²) in [4.78, 5) is 22.4. The molecule has 2 rings (SSSR count). The van der Waals surface area contributed by atoms with Gasteiger partial charge in [-0.05, 0) is 13.8 Å². The van der Waals surface area contributed by atoms with E-state index in [0.717, 1.165) is 39.4 Å². The van der Waals surface area contributed by atoms with Crippen LogP contribution in [-0.2, 0) is 4.74 Å². The van der Waals surface area contributed by atoms with Crippen LogP contribution in [0.5, 0.6) is 0 Å². The second kappa shape index (κ2) is 7.90. The Kier molecular flexibility index (Phi) is 5.89. The molecule has 1 amide bonds. The zero-order valence-electron chi connectivity index (χ0n) is 12.6. The summed E-state index contributed by atoms with van der Waals surface area (Å²) in [5.74, 6) is 0.488. The maximum Gasteiger partial charge on any atom is 0.271 e. The van der Waals surface area contributed by atoms with Gasteiger partial charge in [0.2, 0.25) is 0 Å². The summed E-state index contributed by atoms with van der Waals surface area (Å²) in [6.45, 7) is 9.12. The first-order valence-corrected chi connectivity index (χ1v) is 7.32. The van der Waals surface area contributed by atoms with Gasteiger partial charge in [0.25, 0.3) is 5.91 Å². The molecule has 7 heteroatoms. The monoisotopic (exact) mass is 293 g/mol. The summed E-state index contributed by atoms with van der Waals surface area (Å²) < 4.78 is 5.30. The highest BCUT2D eigenvalue weighted by Crippen LogP contribution is 2.02. The van der Waals surface area contributed by atoms with Crippen molar-refractivity contribution in [2.45, 2.75) is 19.9 Å². The van der Waals surface area contributed by atoms with E-state index in [1.807, 2.05) is 13.8 Å².